The van der Waals surface area contributed by atoms with Crippen LogP contribution in [0.5, 0.6) is 5.75 Å². The fraction of sp³-hybridized carbons (Fsp3) is 0.625. The Hall–Kier alpha value is -0.500. The first kappa shape index (κ1) is 15.6. The summed E-state index contributed by atoms with van der Waals surface area (Å²) in [7, 11) is 1.74. The molecule has 0 amide bonds. The van der Waals surface area contributed by atoms with E-state index in [1.165, 1.54) is 48.8 Å². The van der Waals surface area contributed by atoms with E-state index >= 15 is 0 Å². The van der Waals surface area contributed by atoms with Crippen LogP contribution in [0.25, 0.3) is 0 Å². The van der Waals surface area contributed by atoms with E-state index in [4.69, 9.17) is 4.74 Å². The lowest BCUT2D eigenvalue weighted by molar-refractivity contribution is 0.408. The highest BCUT2D eigenvalue weighted by Crippen LogP contribution is 2.33. The molecule has 0 aliphatic carbocycles. The highest BCUT2D eigenvalue weighted by atomic mass is 79.9. The van der Waals surface area contributed by atoms with E-state index in [9.17, 15) is 0 Å². The van der Waals surface area contributed by atoms with E-state index in [0.717, 1.165) is 5.75 Å². The van der Waals surface area contributed by atoms with Gasteiger partial charge in [0.1, 0.15) is 5.75 Å². The van der Waals surface area contributed by atoms with Gasteiger partial charge in [0.15, 0.2) is 0 Å². The molecule has 0 aromatic heterocycles. The van der Waals surface area contributed by atoms with Crippen LogP contribution in [-0.2, 0) is 0 Å². The number of rotatable bonds is 7. The number of methoxy groups -OCH3 is 1. The predicted molar refractivity (Wildman–Crippen MR) is 82.9 cm³/mol. The molecule has 2 heteroatoms. The monoisotopic (exact) mass is 312 g/mol. The molecule has 0 aliphatic heterocycles. The Morgan fingerprint density at radius 2 is 1.72 bits per heavy atom. The summed E-state index contributed by atoms with van der Waals surface area (Å²) >= 11 is 3.81. The maximum Gasteiger partial charge on any atom is 0.124 e. The van der Waals surface area contributed by atoms with E-state index in [-0.39, 0.29) is 0 Å². The van der Waals surface area contributed by atoms with Crippen molar-refractivity contribution in [3.63, 3.8) is 0 Å². The van der Waals surface area contributed by atoms with Crippen molar-refractivity contribution in [3.8, 4) is 5.75 Å². The van der Waals surface area contributed by atoms with Gasteiger partial charge in [0, 0.05) is 4.83 Å². The zero-order valence-corrected chi connectivity index (χ0v) is 13.6. The fourth-order valence-electron chi connectivity index (χ4n) is 2.40. The molecule has 102 valence electrons. The quantitative estimate of drug-likeness (QED) is 0.462. The molecule has 0 spiro atoms. The highest BCUT2D eigenvalue weighted by Gasteiger charge is 2.11. The molecule has 1 rings (SSSR count). The molecule has 1 nitrogen and oxygen atoms in total. The van der Waals surface area contributed by atoms with Crippen LogP contribution in [-0.4, -0.2) is 7.11 Å². The summed E-state index contributed by atoms with van der Waals surface area (Å²) in [6.45, 7) is 6.49. The number of benzene rings is 1. The first-order valence-corrected chi connectivity index (χ1v) is 7.80. The Morgan fingerprint density at radius 1 is 1.11 bits per heavy atom. The Kier molecular flexibility index (Phi) is 6.77. The third-order valence-electron chi connectivity index (χ3n) is 3.36. The van der Waals surface area contributed by atoms with Gasteiger partial charge < -0.3 is 4.74 Å². The second-order valence-corrected chi connectivity index (χ2v) is 6.11. The van der Waals surface area contributed by atoms with Gasteiger partial charge in [-0.05, 0) is 37.0 Å². The number of hydrogen-bond donors (Lipinski definition) is 0. The fourth-order valence-corrected chi connectivity index (χ4v) is 2.99. The van der Waals surface area contributed by atoms with E-state index in [2.05, 4.69) is 48.8 Å². The van der Waals surface area contributed by atoms with Crippen LogP contribution in [0.2, 0.25) is 0 Å². The van der Waals surface area contributed by atoms with Gasteiger partial charge >= 0.3 is 0 Å². The minimum absolute atomic E-state index is 0.470. The molecule has 0 radical (unpaired) electrons. The van der Waals surface area contributed by atoms with Crippen molar-refractivity contribution >= 4 is 15.9 Å². The molecule has 0 aliphatic rings. The number of ether oxygens (including phenoxy) is 1. The minimum Gasteiger partial charge on any atom is -0.496 e. The summed E-state index contributed by atoms with van der Waals surface area (Å²) in [4.78, 5) is 0.470. The van der Waals surface area contributed by atoms with Gasteiger partial charge in [0.25, 0.3) is 0 Å². The van der Waals surface area contributed by atoms with Gasteiger partial charge in [-0.3, -0.25) is 0 Å². The molecule has 1 aromatic carbocycles. The van der Waals surface area contributed by atoms with Gasteiger partial charge in [-0.2, -0.15) is 0 Å². The molecule has 0 saturated heterocycles. The number of halogens is 1. The number of alkyl halides is 1. The average molecular weight is 313 g/mol. The van der Waals surface area contributed by atoms with Crippen molar-refractivity contribution in [2.75, 3.05) is 7.11 Å². The summed E-state index contributed by atoms with van der Waals surface area (Å²) in [5.74, 6) is 1.02. The Labute approximate surface area is 120 Å². The third kappa shape index (κ3) is 4.31. The molecule has 0 saturated carbocycles. The SMILES string of the molecule is CCCCCCC(Br)c1cc(C)c(OC)c(C)c1. The van der Waals surface area contributed by atoms with Gasteiger partial charge in [-0.1, -0.05) is 60.7 Å². The Morgan fingerprint density at radius 3 is 2.22 bits per heavy atom. The molecule has 0 heterocycles. The molecule has 0 bridgehead atoms. The standard InChI is InChI=1S/C16H25BrO/c1-5-6-7-8-9-15(17)14-10-12(2)16(18-4)13(3)11-14/h10-11,15H,5-9H2,1-4H3. The molecule has 0 N–H and O–H groups in total. The number of unbranched alkanes of at least 4 members (excludes halogenated alkanes) is 3. The van der Waals surface area contributed by atoms with Crippen LogP contribution in [0, 0.1) is 13.8 Å². The maximum atomic E-state index is 5.41. The van der Waals surface area contributed by atoms with Crippen molar-refractivity contribution in [1.82, 2.24) is 0 Å². The molecule has 1 unspecified atom stereocenters. The van der Waals surface area contributed by atoms with Gasteiger partial charge in [0.2, 0.25) is 0 Å². The van der Waals surface area contributed by atoms with E-state index < -0.39 is 0 Å². The van der Waals surface area contributed by atoms with E-state index in [1.54, 1.807) is 7.11 Å². The minimum atomic E-state index is 0.470. The van der Waals surface area contributed by atoms with Crippen molar-refractivity contribution in [2.24, 2.45) is 0 Å². The van der Waals surface area contributed by atoms with Crippen molar-refractivity contribution in [2.45, 2.75) is 57.7 Å². The van der Waals surface area contributed by atoms with Crippen molar-refractivity contribution < 1.29 is 4.74 Å². The molecule has 1 atom stereocenters. The molecular formula is C16H25BrO. The topological polar surface area (TPSA) is 9.23 Å². The first-order valence-electron chi connectivity index (χ1n) is 6.89. The average Bonchev–Trinajstić information content (AvgIpc) is 2.34. The predicted octanol–water partition coefficient (Wildman–Crippen LogP) is 5.72. The lowest BCUT2D eigenvalue weighted by Gasteiger charge is -2.15. The second-order valence-electron chi connectivity index (χ2n) is 5.00. The van der Waals surface area contributed by atoms with E-state index in [1.807, 2.05) is 0 Å². The summed E-state index contributed by atoms with van der Waals surface area (Å²) in [5, 5.41) is 0. The van der Waals surface area contributed by atoms with Crippen LogP contribution in [0.4, 0.5) is 0 Å². The largest absolute Gasteiger partial charge is 0.496 e. The molecule has 18 heavy (non-hydrogen) atoms. The van der Waals surface area contributed by atoms with E-state index in [0.29, 0.717) is 4.83 Å². The van der Waals surface area contributed by atoms with Crippen LogP contribution >= 0.6 is 15.9 Å². The van der Waals surface area contributed by atoms with Crippen LogP contribution in [0.3, 0.4) is 0 Å². The lowest BCUT2D eigenvalue weighted by Crippen LogP contribution is -1.96. The highest BCUT2D eigenvalue weighted by molar-refractivity contribution is 9.09. The van der Waals surface area contributed by atoms with Crippen LogP contribution < -0.4 is 4.74 Å². The van der Waals surface area contributed by atoms with Gasteiger partial charge in [-0.25, -0.2) is 0 Å². The van der Waals surface area contributed by atoms with Gasteiger partial charge in [0.05, 0.1) is 7.11 Å². The van der Waals surface area contributed by atoms with Gasteiger partial charge in [-0.15, -0.1) is 0 Å². The van der Waals surface area contributed by atoms with Crippen LogP contribution in [0.1, 0.15) is 60.5 Å². The Bertz CT molecular complexity index is 350. The zero-order valence-electron chi connectivity index (χ0n) is 12.1. The zero-order chi connectivity index (χ0) is 13.5. The smallest absolute Gasteiger partial charge is 0.124 e. The molecular weight excluding hydrogens is 288 g/mol. The molecule has 0 fully saturated rings. The summed E-state index contributed by atoms with van der Waals surface area (Å²) in [6.07, 6.45) is 6.50. The first-order chi connectivity index (χ1) is 8.60. The normalized spacial score (nSPS) is 12.5. The van der Waals surface area contributed by atoms with Crippen LogP contribution in [0.15, 0.2) is 12.1 Å². The second kappa shape index (κ2) is 7.83. The molecule has 1 aromatic rings. The summed E-state index contributed by atoms with van der Waals surface area (Å²) in [5.41, 5.74) is 3.83. The lowest BCUT2D eigenvalue weighted by atomic mass is 10.0. The maximum absolute atomic E-state index is 5.41. The summed E-state index contributed by atoms with van der Waals surface area (Å²) < 4.78 is 5.41. The third-order valence-corrected chi connectivity index (χ3v) is 4.35. The Balaban J connectivity index is 2.66. The van der Waals surface area contributed by atoms with Crippen molar-refractivity contribution in [3.05, 3.63) is 28.8 Å². The number of hydrogen-bond acceptors (Lipinski definition) is 1. The number of aryl methyl sites for hydroxylation is 2. The summed E-state index contributed by atoms with van der Waals surface area (Å²) in [6, 6.07) is 4.48. The van der Waals surface area contributed by atoms with Crippen molar-refractivity contribution in [1.29, 1.82) is 0 Å².